The van der Waals surface area contributed by atoms with Crippen LogP contribution in [0.2, 0.25) is 0 Å². The number of para-hydroxylation sites is 1. The second-order valence-corrected chi connectivity index (χ2v) is 13.4. The number of aliphatic hydroxyl groups is 2. The van der Waals surface area contributed by atoms with Crippen LogP contribution in [0.4, 0.5) is 13.2 Å². The van der Waals surface area contributed by atoms with Gasteiger partial charge in [-0.05, 0) is 66.4 Å². The summed E-state index contributed by atoms with van der Waals surface area (Å²) in [5.41, 5.74) is 3.66. The zero-order valence-electron chi connectivity index (χ0n) is 29.2. The number of ether oxygens (including phenoxy) is 1. The molecule has 4 aromatic rings. The number of amides is 2. The summed E-state index contributed by atoms with van der Waals surface area (Å²) in [6, 6.07) is 20.6. The number of rotatable bonds is 13. The quantitative estimate of drug-likeness (QED) is 0.159. The molecule has 0 saturated carbocycles. The van der Waals surface area contributed by atoms with Gasteiger partial charge in [0.05, 0.1) is 23.4 Å². The first-order chi connectivity index (χ1) is 26.0. The Hall–Kier alpha value is -5.69. The lowest BCUT2D eigenvalue weighted by Crippen LogP contribution is -2.60. The molecule has 0 unspecified atom stereocenters. The van der Waals surface area contributed by atoms with Gasteiger partial charge >= 0.3 is 6.18 Å². The van der Waals surface area contributed by atoms with Crippen LogP contribution in [-0.2, 0) is 22.6 Å². The Morgan fingerprint density at radius 2 is 1.91 bits per heavy atom. The third-order valence-electron chi connectivity index (χ3n) is 9.41. The second-order valence-electron chi connectivity index (χ2n) is 13.4. The number of nitriles is 1. The highest BCUT2D eigenvalue weighted by atomic mass is 19.4. The van der Waals surface area contributed by atoms with Gasteiger partial charge in [0, 0.05) is 74.7 Å². The minimum Gasteiger partial charge on any atom is -0.507 e. The van der Waals surface area contributed by atoms with Gasteiger partial charge in [-0.1, -0.05) is 24.3 Å². The summed E-state index contributed by atoms with van der Waals surface area (Å²) in [6.45, 7) is -0.468. The van der Waals surface area contributed by atoms with Crippen LogP contribution < -0.4 is 15.4 Å². The predicted octanol–water partition coefficient (Wildman–Crippen LogP) is 3.95. The van der Waals surface area contributed by atoms with Crippen molar-refractivity contribution in [2.45, 2.75) is 37.7 Å². The Kier molecular flexibility index (Phi) is 12.0. The summed E-state index contributed by atoms with van der Waals surface area (Å²) in [5, 5.41) is 36.2. The summed E-state index contributed by atoms with van der Waals surface area (Å²) in [5.74, 6) is -1.76. The van der Waals surface area contributed by atoms with Crippen LogP contribution in [0.3, 0.4) is 0 Å². The molecule has 12 nitrogen and oxygen atoms in total. The minimum atomic E-state index is -4.61. The standard InChI is InChI=1S/C39H40F3N7O5/c40-39(41,42)25-45-38(53)33-23-47(20-28-10-12-48(21-28)30-7-3-5-26(16-30)18-43)13-14-49(33)22-31(50)17-29(15-27-6-4-11-44-19-27)37(52)46-36-32-8-1-2-9-35(32)54-24-34(36)51/h1-12,16,19,21,29,31,33,50-51H,13-15,17,20,22-25H2,(H,45,53)(H,46,52)/t29-,31+,33+/m1/s1. The van der Waals surface area contributed by atoms with Crippen molar-refractivity contribution in [3.63, 3.8) is 0 Å². The highest BCUT2D eigenvalue weighted by Gasteiger charge is 2.37. The summed E-state index contributed by atoms with van der Waals surface area (Å²) in [6.07, 6.45) is 1.35. The van der Waals surface area contributed by atoms with Crippen LogP contribution in [-0.4, -0.2) is 99.0 Å². The third-order valence-corrected chi connectivity index (χ3v) is 9.41. The molecule has 0 radical (unpaired) electrons. The van der Waals surface area contributed by atoms with E-state index in [1.54, 1.807) is 71.9 Å². The molecule has 2 aromatic carbocycles. The fraction of sp³-hybridized carbons (Fsp3) is 0.333. The predicted molar refractivity (Wildman–Crippen MR) is 192 cm³/mol. The second kappa shape index (κ2) is 17.0. The van der Waals surface area contributed by atoms with Crippen molar-refractivity contribution in [2.24, 2.45) is 5.92 Å². The molecule has 0 aliphatic carbocycles. The fourth-order valence-electron chi connectivity index (χ4n) is 6.78. The Morgan fingerprint density at radius 1 is 1.07 bits per heavy atom. The van der Waals surface area contributed by atoms with Crippen molar-refractivity contribution in [3.8, 4) is 17.5 Å². The number of aliphatic hydroxyl groups excluding tert-OH is 2. The average Bonchev–Trinajstić information content (AvgIpc) is 3.64. The van der Waals surface area contributed by atoms with Crippen molar-refractivity contribution in [2.75, 3.05) is 39.3 Å². The van der Waals surface area contributed by atoms with E-state index in [0.717, 1.165) is 16.8 Å². The van der Waals surface area contributed by atoms with Gasteiger partial charge in [-0.15, -0.1) is 0 Å². The molecule has 54 heavy (non-hydrogen) atoms. The molecule has 1 saturated heterocycles. The van der Waals surface area contributed by atoms with Crippen LogP contribution in [0.5, 0.6) is 5.75 Å². The van der Waals surface area contributed by atoms with Crippen LogP contribution >= 0.6 is 0 Å². The SMILES string of the molecule is N#Cc1cccc(-n2ccc(CN3CCN(C[C@@H](O)C[C@@H](Cc4cccnc4)C(=O)NC4=C(O)COc5ccccc54)[C@H](C(=O)NCC(F)(F)F)C3)c2)c1. The number of pyridine rings is 1. The van der Waals surface area contributed by atoms with Crippen LogP contribution in [0.25, 0.3) is 11.4 Å². The molecule has 1 fully saturated rings. The Morgan fingerprint density at radius 3 is 2.69 bits per heavy atom. The van der Waals surface area contributed by atoms with E-state index in [2.05, 4.69) is 16.4 Å². The normalized spacial score (nSPS) is 17.5. The molecule has 4 heterocycles. The molecule has 3 atom stereocenters. The first-order valence-electron chi connectivity index (χ1n) is 17.5. The van der Waals surface area contributed by atoms with Crippen LogP contribution in [0.15, 0.2) is 97.3 Å². The van der Waals surface area contributed by atoms with Gasteiger partial charge in [0.1, 0.15) is 24.9 Å². The molecule has 2 aromatic heterocycles. The fourth-order valence-corrected chi connectivity index (χ4v) is 6.78. The van der Waals surface area contributed by atoms with Crippen molar-refractivity contribution in [1.29, 1.82) is 5.26 Å². The highest BCUT2D eigenvalue weighted by molar-refractivity contribution is 5.90. The van der Waals surface area contributed by atoms with Gasteiger partial charge in [-0.3, -0.25) is 24.4 Å². The molecular formula is C39H40F3N7O5. The molecule has 0 bridgehead atoms. The number of nitrogens with zero attached hydrogens (tertiary/aromatic N) is 5. The minimum absolute atomic E-state index is 0.0511. The molecule has 15 heteroatoms. The van der Waals surface area contributed by atoms with E-state index >= 15 is 0 Å². The van der Waals surface area contributed by atoms with E-state index in [0.29, 0.717) is 30.0 Å². The third kappa shape index (κ3) is 9.84. The molecule has 6 rings (SSSR count). The Balaban J connectivity index is 1.16. The van der Waals surface area contributed by atoms with Gasteiger partial charge in [-0.25, -0.2) is 0 Å². The number of hydrogen-bond donors (Lipinski definition) is 4. The van der Waals surface area contributed by atoms with Crippen LogP contribution in [0.1, 0.15) is 28.7 Å². The van der Waals surface area contributed by atoms with Crippen molar-refractivity contribution >= 4 is 17.5 Å². The maximum Gasteiger partial charge on any atom is 0.405 e. The zero-order valence-corrected chi connectivity index (χ0v) is 29.2. The maximum absolute atomic E-state index is 13.9. The molecule has 0 spiro atoms. The highest BCUT2D eigenvalue weighted by Crippen LogP contribution is 2.31. The number of carbonyl (C=O) groups excluding carboxylic acids is 2. The summed E-state index contributed by atoms with van der Waals surface area (Å²) in [7, 11) is 0. The van der Waals surface area contributed by atoms with Gasteiger partial charge < -0.3 is 30.2 Å². The lowest BCUT2D eigenvalue weighted by molar-refractivity contribution is -0.143. The number of benzene rings is 2. The number of nitrogens with one attached hydrogen (secondary N) is 2. The van der Waals surface area contributed by atoms with Gasteiger partial charge in [0.25, 0.3) is 0 Å². The number of fused-ring (bicyclic) bond motifs is 1. The number of aromatic nitrogens is 2. The molecular weight excluding hydrogens is 703 g/mol. The molecule has 4 N–H and O–H groups in total. The summed E-state index contributed by atoms with van der Waals surface area (Å²) < 4.78 is 46.9. The van der Waals surface area contributed by atoms with Crippen molar-refractivity contribution in [3.05, 3.63) is 120 Å². The van der Waals surface area contributed by atoms with E-state index in [-0.39, 0.29) is 50.5 Å². The monoisotopic (exact) mass is 743 g/mol. The van der Waals surface area contributed by atoms with E-state index in [9.17, 15) is 38.2 Å². The topological polar surface area (TPSA) is 156 Å². The molecule has 2 amide bonds. The van der Waals surface area contributed by atoms with E-state index in [1.165, 1.54) is 0 Å². The Bertz CT molecular complexity index is 2010. The lowest BCUT2D eigenvalue weighted by atomic mass is 9.92. The van der Waals surface area contributed by atoms with E-state index in [4.69, 9.17) is 4.74 Å². The molecule has 282 valence electrons. The lowest BCUT2D eigenvalue weighted by Gasteiger charge is -2.41. The smallest absolute Gasteiger partial charge is 0.405 e. The first-order valence-corrected chi connectivity index (χ1v) is 17.5. The van der Waals surface area contributed by atoms with E-state index in [1.807, 2.05) is 39.3 Å². The van der Waals surface area contributed by atoms with Gasteiger partial charge in [-0.2, -0.15) is 18.4 Å². The first kappa shape index (κ1) is 38.0. The average molecular weight is 744 g/mol. The largest absolute Gasteiger partial charge is 0.507 e. The zero-order chi connectivity index (χ0) is 38.2. The van der Waals surface area contributed by atoms with Crippen molar-refractivity contribution < 1.29 is 37.7 Å². The number of carbonyl (C=O) groups is 2. The van der Waals surface area contributed by atoms with Crippen LogP contribution in [0, 0.1) is 17.2 Å². The van der Waals surface area contributed by atoms with Crippen molar-refractivity contribution in [1.82, 2.24) is 30.0 Å². The molecule has 2 aliphatic heterocycles. The number of hydrogen-bond acceptors (Lipinski definition) is 9. The Labute approximate surface area is 310 Å². The number of alkyl halides is 3. The maximum atomic E-state index is 13.9. The molecule has 2 aliphatic rings. The van der Waals surface area contributed by atoms with Gasteiger partial charge in [0.15, 0.2) is 5.76 Å². The number of piperazine rings is 1. The number of halogens is 3. The number of β-amino-alcohol motifs (C(OH)–C–C–N with tert-alkyl or cyclic N) is 1. The van der Waals surface area contributed by atoms with Gasteiger partial charge in [0.2, 0.25) is 11.8 Å². The summed E-state index contributed by atoms with van der Waals surface area (Å²) in [4.78, 5) is 34.9. The van der Waals surface area contributed by atoms with E-state index < -0.39 is 42.6 Å². The summed E-state index contributed by atoms with van der Waals surface area (Å²) >= 11 is 0.